The molecular formula is C19H14ClF2N3O. The summed E-state index contributed by atoms with van der Waals surface area (Å²) in [7, 11) is 0. The number of hydrogen-bond donors (Lipinski definition) is 2. The lowest BCUT2D eigenvalue weighted by atomic mass is 10.2. The van der Waals surface area contributed by atoms with Gasteiger partial charge in [-0.15, -0.1) is 0 Å². The molecule has 132 valence electrons. The predicted molar refractivity (Wildman–Crippen MR) is 98.0 cm³/mol. The van der Waals surface area contributed by atoms with E-state index in [2.05, 4.69) is 15.6 Å². The second-order valence-corrected chi connectivity index (χ2v) is 6.04. The van der Waals surface area contributed by atoms with E-state index in [4.69, 9.17) is 11.6 Å². The molecule has 0 spiro atoms. The highest BCUT2D eigenvalue weighted by molar-refractivity contribution is 6.30. The number of carbonyl (C=O) groups excluding carboxylic acids is 1. The molecule has 26 heavy (non-hydrogen) atoms. The lowest BCUT2D eigenvalue weighted by molar-refractivity contribution is 0.102. The third-order valence-electron chi connectivity index (χ3n) is 3.67. The Balaban J connectivity index is 1.70. The number of amides is 1. The minimum absolute atomic E-state index is 0.0145. The Morgan fingerprint density at radius 2 is 1.85 bits per heavy atom. The molecule has 1 amide bonds. The Kier molecular flexibility index (Phi) is 5.14. The summed E-state index contributed by atoms with van der Waals surface area (Å²) in [5.41, 5.74) is 2.27. The Bertz CT molecular complexity index is 961. The molecule has 0 saturated heterocycles. The zero-order chi connectivity index (χ0) is 18.7. The van der Waals surface area contributed by atoms with Gasteiger partial charge in [-0.3, -0.25) is 4.79 Å². The van der Waals surface area contributed by atoms with Crippen LogP contribution in [0.4, 0.5) is 26.0 Å². The largest absolute Gasteiger partial charge is 0.340 e. The number of hydrogen-bond acceptors (Lipinski definition) is 3. The van der Waals surface area contributed by atoms with Crippen LogP contribution in [-0.4, -0.2) is 10.9 Å². The molecule has 0 bridgehead atoms. The molecule has 3 rings (SSSR count). The molecule has 2 aromatic carbocycles. The molecule has 7 heteroatoms. The molecule has 3 aromatic rings. The maximum Gasteiger partial charge on any atom is 0.255 e. The molecule has 1 heterocycles. The van der Waals surface area contributed by atoms with Gasteiger partial charge in [0.2, 0.25) is 0 Å². The summed E-state index contributed by atoms with van der Waals surface area (Å²) in [6, 6.07) is 11.8. The maximum absolute atomic E-state index is 13.2. The van der Waals surface area contributed by atoms with Crippen molar-refractivity contribution in [3.05, 3.63) is 82.5 Å². The first-order valence-corrected chi connectivity index (χ1v) is 8.06. The van der Waals surface area contributed by atoms with Gasteiger partial charge in [-0.25, -0.2) is 13.8 Å². The van der Waals surface area contributed by atoms with Gasteiger partial charge < -0.3 is 10.6 Å². The zero-order valence-corrected chi connectivity index (χ0v) is 14.4. The third-order valence-corrected chi connectivity index (χ3v) is 3.90. The van der Waals surface area contributed by atoms with Gasteiger partial charge in [-0.1, -0.05) is 17.7 Å². The lowest BCUT2D eigenvalue weighted by Crippen LogP contribution is -2.12. The van der Waals surface area contributed by atoms with Crippen LogP contribution in [0.15, 0.2) is 54.7 Å². The second kappa shape index (κ2) is 7.49. The molecule has 0 saturated carbocycles. The van der Waals surface area contributed by atoms with Crippen molar-refractivity contribution in [2.45, 2.75) is 6.92 Å². The molecule has 1 aromatic heterocycles. The molecule has 0 unspecified atom stereocenters. The van der Waals surface area contributed by atoms with Gasteiger partial charge in [0.15, 0.2) is 11.6 Å². The van der Waals surface area contributed by atoms with Crippen LogP contribution < -0.4 is 10.6 Å². The van der Waals surface area contributed by atoms with Crippen LogP contribution >= 0.6 is 11.6 Å². The van der Waals surface area contributed by atoms with Crippen LogP contribution in [0.1, 0.15) is 15.9 Å². The van der Waals surface area contributed by atoms with Crippen LogP contribution in [0, 0.1) is 18.6 Å². The molecule has 4 nitrogen and oxygen atoms in total. The number of carbonyl (C=O) groups is 1. The molecule has 0 aliphatic rings. The van der Waals surface area contributed by atoms with Gasteiger partial charge in [-0.05, 0) is 55.0 Å². The number of benzene rings is 2. The normalized spacial score (nSPS) is 10.5. The summed E-state index contributed by atoms with van der Waals surface area (Å²) >= 11 is 5.99. The number of aryl methyl sites for hydroxylation is 1. The summed E-state index contributed by atoms with van der Waals surface area (Å²) < 4.78 is 26.1. The van der Waals surface area contributed by atoms with Crippen molar-refractivity contribution in [2.24, 2.45) is 0 Å². The van der Waals surface area contributed by atoms with Crippen molar-refractivity contribution < 1.29 is 13.6 Å². The van der Waals surface area contributed by atoms with Gasteiger partial charge in [0, 0.05) is 16.3 Å². The predicted octanol–water partition coefficient (Wildman–Crippen LogP) is 5.32. The van der Waals surface area contributed by atoms with Crippen LogP contribution in [-0.2, 0) is 0 Å². The highest BCUT2D eigenvalue weighted by atomic mass is 35.5. The smallest absolute Gasteiger partial charge is 0.255 e. The third kappa shape index (κ3) is 4.15. The fourth-order valence-corrected chi connectivity index (χ4v) is 2.42. The highest BCUT2D eigenvalue weighted by Crippen LogP contribution is 2.23. The van der Waals surface area contributed by atoms with Gasteiger partial charge in [0.05, 0.1) is 11.9 Å². The first-order valence-electron chi connectivity index (χ1n) is 7.68. The fraction of sp³-hybridized carbons (Fsp3) is 0.0526. The van der Waals surface area contributed by atoms with E-state index in [1.807, 2.05) is 13.0 Å². The fourth-order valence-electron chi connectivity index (χ4n) is 2.25. The number of nitrogens with zero attached hydrogens (tertiary/aromatic N) is 1. The van der Waals surface area contributed by atoms with E-state index < -0.39 is 17.5 Å². The van der Waals surface area contributed by atoms with Crippen LogP contribution in [0.25, 0.3) is 0 Å². The molecule has 0 aliphatic heterocycles. The number of pyridine rings is 1. The number of halogens is 3. The first-order chi connectivity index (χ1) is 12.4. The van der Waals surface area contributed by atoms with Crippen molar-refractivity contribution in [3.8, 4) is 0 Å². The quantitative estimate of drug-likeness (QED) is 0.651. The summed E-state index contributed by atoms with van der Waals surface area (Å²) in [4.78, 5) is 16.3. The van der Waals surface area contributed by atoms with Crippen molar-refractivity contribution in [3.63, 3.8) is 0 Å². The Morgan fingerprint density at radius 1 is 1.04 bits per heavy atom. The zero-order valence-electron chi connectivity index (χ0n) is 13.7. The van der Waals surface area contributed by atoms with Crippen LogP contribution in [0.5, 0.6) is 0 Å². The Hall–Kier alpha value is -2.99. The Morgan fingerprint density at radius 3 is 2.54 bits per heavy atom. The topological polar surface area (TPSA) is 54.0 Å². The lowest BCUT2D eigenvalue weighted by Gasteiger charge is -2.10. The minimum Gasteiger partial charge on any atom is -0.340 e. The first kappa shape index (κ1) is 17.8. The summed E-state index contributed by atoms with van der Waals surface area (Å²) in [6.07, 6.45) is 1.46. The van der Waals surface area contributed by atoms with Crippen molar-refractivity contribution in [1.82, 2.24) is 4.98 Å². The average molecular weight is 374 g/mol. The van der Waals surface area contributed by atoms with Crippen LogP contribution in [0.2, 0.25) is 5.02 Å². The molecule has 0 aliphatic carbocycles. The van der Waals surface area contributed by atoms with Crippen molar-refractivity contribution >= 4 is 34.7 Å². The molecule has 0 atom stereocenters. The highest BCUT2D eigenvalue weighted by Gasteiger charge is 2.10. The second-order valence-electron chi connectivity index (χ2n) is 5.60. The Labute approximate surface area is 153 Å². The standard InChI is InChI=1S/C19H14ClF2N3O/c1-11-2-4-13(20)9-17(11)25-18-7-5-14(10-23-18)24-19(26)12-3-6-15(21)16(22)8-12/h2-10H,1H3,(H,23,25)(H,24,26). The summed E-state index contributed by atoms with van der Waals surface area (Å²) in [6.45, 7) is 1.94. The van der Waals surface area contributed by atoms with E-state index in [-0.39, 0.29) is 5.56 Å². The minimum atomic E-state index is -1.08. The van der Waals surface area contributed by atoms with E-state index in [0.29, 0.717) is 16.5 Å². The van der Waals surface area contributed by atoms with Crippen molar-refractivity contribution in [1.29, 1.82) is 0 Å². The summed E-state index contributed by atoms with van der Waals surface area (Å²) in [5, 5.41) is 6.32. The van der Waals surface area contributed by atoms with Gasteiger partial charge in [0.1, 0.15) is 5.82 Å². The number of aromatic nitrogens is 1. The molecule has 0 radical (unpaired) electrons. The maximum atomic E-state index is 13.2. The van der Waals surface area contributed by atoms with Gasteiger partial charge >= 0.3 is 0 Å². The van der Waals surface area contributed by atoms with Gasteiger partial charge in [-0.2, -0.15) is 0 Å². The monoisotopic (exact) mass is 373 g/mol. The molecule has 0 fully saturated rings. The van der Waals surface area contributed by atoms with Crippen LogP contribution in [0.3, 0.4) is 0 Å². The molecular weight excluding hydrogens is 360 g/mol. The number of rotatable bonds is 4. The number of anilines is 3. The van der Waals surface area contributed by atoms with E-state index in [9.17, 15) is 13.6 Å². The van der Waals surface area contributed by atoms with Crippen molar-refractivity contribution in [2.75, 3.05) is 10.6 Å². The van der Waals surface area contributed by atoms with E-state index in [0.717, 1.165) is 23.4 Å². The average Bonchev–Trinajstić information content (AvgIpc) is 2.62. The van der Waals surface area contributed by atoms with E-state index in [1.54, 1.807) is 24.3 Å². The number of nitrogens with one attached hydrogen (secondary N) is 2. The SMILES string of the molecule is Cc1ccc(Cl)cc1Nc1ccc(NC(=O)c2ccc(F)c(F)c2)cn1. The molecule has 2 N–H and O–H groups in total. The van der Waals surface area contributed by atoms with E-state index >= 15 is 0 Å². The van der Waals surface area contributed by atoms with Gasteiger partial charge in [0.25, 0.3) is 5.91 Å². The van der Waals surface area contributed by atoms with E-state index in [1.165, 1.54) is 12.3 Å². The summed E-state index contributed by atoms with van der Waals surface area (Å²) in [5.74, 6) is -2.07.